The summed E-state index contributed by atoms with van der Waals surface area (Å²) in [6.07, 6.45) is 2.99. The van der Waals surface area contributed by atoms with Crippen LogP contribution in [-0.4, -0.2) is 28.4 Å². The number of rotatable bonds is 5. The molecule has 0 saturated heterocycles. The zero-order chi connectivity index (χ0) is 20.7. The van der Waals surface area contributed by atoms with Crippen LogP contribution in [0.25, 0.3) is 0 Å². The fraction of sp³-hybridized carbons (Fsp3) is 0.333. The van der Waals surface area contributed by atoms with Gasteiger partial charge < -0.3 is 10.4 Å². The van der Waals surface area contributed by atoms with Crippen LogP contribution in [0.2, 0.25) is 5.02 Å². The highest BCUT2D eigenvalue weighted by Crippen LogP contribution is 2.28. The Morgan fingerprint density at radius 3 is 2.72 bits per heavy atom. The monoisotopic (exact) mass is 409 g/mol. The van der Waals surface area contributed by atoms with Crippen molar-refractivity contribution >= 4 is 23.3 Å². The maximum absolute atomic E-state index is 12.3. The maximum atomic E-state index is 12.3. The fourth-order valence-corrected chi connectivity index (χ4v) is 3.72. The van der Waals surface area contributed by atoms with Crippen LogP contribution in [0.4, 0.5) is 0 Å². The van der Waals surface area contributed by atoms with Crippen molar-refractivity contribution in [3.8, 4) is 11.8 Å². The predicted octanol–water partition coefficient (Wildman–Crippen LogP) is 3.68. The largest absolute Gasteiger partial charge is 0.378 e. The molecule has 0 bridgehead atoms. The van der Waals surface area contributed by atoms with Gasteiger partial charge in [-0.3, -0.25) is 9.59 Å². The smallest absolute Gasteiger partial charge is 0.287 e. The summed E-state index contributed by atoms with van der Waals surface area (Å²) < 4.78 is 0. The van der Waals surface area contributed by atoms with E-state index >= 15 is 0 Å². The second-order valence-electron chi connectivity index (χ2n) is 7.47. The molecular weight excluding hydrogens is 386 g/mol. The van der Waals surface area contributed by atoms with Crippen LogP contribution in [0.1, 0.15) is 43.2 Å². The fourth-order valence-electron chi connectivity index (χ4n) is 3.53. The topological polar surface area (TPSA) is 66.4 Å². The Hall–Kier alpha value is -2.61. The van der Waals surface area contributed by atoms with E-state index in [-0.39, 0.29) is 12.5 Å². The van der Waals surface area contributed by atoms with E-state index in [0.29, 0.717) is 24.3 Å². The number of aliphatic hydroxyl groups is 1. The van der Waals surface area contributed by atoms with E-state index in [1.807, 2.05) is 36.4 Å². The molecule has 3 rings (SSSR count). The average Bonchev–Trinajstić information content (AvgIpc) is 2.71. The van der Waals surface area contributed by atoms with E-state index in [1.54, 1.807) is 18.2 Å². The molecule has 1 amide bonds. The first-order chi connectivity index (χ1) is 13.9. The highest BCUT2D eigenvalue weighted by atomic mass is 35.5. The molecule has 1 fully saturated rings. The Labute approximate surface area is 176 Å². The first-order valence-electron chi connectivity index (χ1n) is 9.82. The Kier molecular flexibility index (Phi) is 7.09. The van der Waals surface area contributed by atoms with E-state index in [2.05, 4.69) is 17.2 Å². The number of carbonyl (C=O) groups is 2. The Balaban J connectivity index is 1.54. The lowest BCUT2D eigenvalue weighted by Gasteiger charge is -2.33. The normalized spacial score (nSPS) is 21.0. The highest BCUT2D eigenvalue weighted by Gasteiger charge is 2.34. The van der Waals surface area contributed by atoms with Gasteiger partial charge >= 0.3 is 0 Å². The van der Waals surface area contributed by atoms with E-state index in [1.165, 1.54) is 0 Å². The summed E-state index contributed by atoms with van der Waals surface area (Å²) >= 11 is 5.97. The first kappa shape index (κ1) is 21.1. The summed E-state index contributed by atoms with van der Waals surface area (Å²) in [5.41, 5.74) is 0.566. The molecule has 0 aromatic heterocycles. The van der Waals surface area contributed by atoms with Crippen molar-refractivity contribution in [1.82, 2.24) is 5.32 Å². The second kappa shape index (κ2) is 9.73. The second-order valence-corrected chi connectivity index (χ2v) is 7.90. The molecule has 0 aliphatic heterocycles. The molecule has 4 nitrogen and oxygen atoms in total. The summed E-state index contributed by atoms with van der Waals surface area (Å²) in [7, 11) is 0. The SMILES string of the molecule is O=C(CCc1ccccc1)C(=O)N[C@H]1CCC[C@@](O)(C#Cc2cccc(Cl)c2)C1. The van der Waals surface area contributed by atoms with Crippen LogP contribution in [0, 0.1) is 11.8 Å². The van der Waals surface area contributed by atoms with Crippen molar-refractivity contribution < 1.29 is 14.7 Å². The highest BCUT2D eigenvalue weighted by molar-refractivity contribution is 6.36. The summed E-state index contributed by atoms with van der Waals surface area (Å²) in [5, 5.41) is 14.2. The molecule has 0 unspecified atom stereocenters. The van der Waals surface area contributed by atoms with Crippen molar-refractivity contribution in [3.63, 3.8) is 0 Å². The number of carbonyl (C=O) groups excluding carboxylic acids is 2. The van der Waals surface area contributed by atoms with Gasteiger partial charge in [0.05, 0.1) is 0 Å². The molecule has 2 aromatic rings. The number of halogens is 1. The van der Waals surface area contributed by atoms with Crippen LogP contribution in [0.15, 0.2) is 54.6 Å². The number of amides is 1. The molecule has 0 heterocycles. The van der Waals surface area contributed by atoms with Crippen LogP contribution < -0.4 is 5.32 Å². The number of benzene rings is 2. The standard InChI is InChI=1S/C24H24ClNO3/c25-20-9-4-8-19(16-20)13-15-24(29)14-5-10-21(17-24)26-23(28)22(27)12-11-18-6-2-1-3-7-18/h1-4,6-9,16,21,29H,5,10-12,14,17H2,(H,26,28)/t21-,24+/m0/s1. The number of aryl methyl sites for hydroxylation is 1. The molecule has 0 spiro atoms. The lowest BCUT2D eigenvalue weighted by molar-refractivity contribution is -0.138. The van der Waals surface area contributed by atoms with Gasteiger partial charge in [0.2, 0.25) is 5.78 Å². The average molecular weight is 410 g/mol. The molecule has 1 aliphatic rings. The van der Waals surface area contributed by atoms with Crippen molar-refractivity contribution in [3.05, 3.63) is 70.7 Å². The molecule has 2 N–H and O–H groups in total. The molecule has 150 valence electrons. The minimum Gasteiger partial charge on any atom is -0.378 e. The zero-order valence-electron chi connectivity index (χ0n) is 16.2. The summed E-state index contributed by atoms with van der Waals surface area (Å²) in [5.74, 6) is 4.88. The van der Waals surface area contributed by atoms with Gasteiger partial charge in [0.15, 0.2) is 0 Å². The summed E-state index contributed by atoms with van der Waals surface area (Å²) in [6.45, 7) is 0. The van der Waals surface area contributed by atoms with Crippen molar-refractivity contribution in [2.24, 2.45) is 0 Å². The molecule has 2 aromatic carbocycles. The van der Waals surface area contributed by atoms with Gasteiger partial charge in [-0.15, -0.1) is 0 Å². The minimum atomic E-state index is -1.19. The van der Waals surface area contributed by atoms with Crippen LogP contribution >= 0.6 is 11.6 Å². The van der Waals surface area contributed by atoms with Crippen molar-refractivity contribution in [1.29, 1.82) is 0 Å². The van der Waals surface area contributed by atoms with Gasteiger partial charge in [0.25, 0.3) is 5.91 Å². The van der Waals surface area contributed by atoms with E-state index in [4.69, 9.17) is 11.6 Å². The quantitative estimate of drug-likeness (QED) is 0.584. The molecule has 0 radical (unpaired) electrons. The Bertz CT molecular complexity index is 932. The molecule has 5 heteroatoms. The van der Waals surface area contributed by atoms with E-state index < -0.39 is 17.3 Å². The molecule has 2 atom stereocenters. The number of nitrogens with one attached hydrogen (secondary N) is 1. The molecule has 29 heavy (non-hydrogen) atoms. The van der Waals surface area contributed by atoms with Gasteiger partial charge in [-0.1, -0.05) is 59.8 Å². The van der Waals surface area contributed by atoms with Crippen LogP contribution in [0.3, 0.4) is 0 Å². The number of hydrogen-bond acceptors (Lipinski definition) is 3. The Morgan fingerprint density at radius 2 is 1.97 bits per heavy atom. The molecule has 1 aliphatic carbocycles. The summed E-state index contributed by atoms with van der Waals surface area (Å²) in [6, 6.07) is 16.5. The summed E-state index contributed by atoms with van der Waals surface area (Å²) in [4.78, 5) is 24.4. The van der Waals surface area contributed by atoms with Gasteiger partial charge in [0.1, 0.15) is 5.60 Å². The van der Waals surface area contributed by atoms with E-state index in [9.17, 15) is 14.7 Å². The zero-order valence-corrected chi connectivity index (χ0v) is 16.9. The van der Waals surface area contributed by atoms with Gasteiger partial charge in [0, 0.05) is 29.5 Å². The van der Waals surface area contributed by atoms with Gasteiger partial charge in [-0.25, -0.2) is 0 Å². The Morgan fingerprint density at radius 1 is 1.17 bits per heavy atom. The first-order valence-corrected chi connectivity index (χ1v) is 10.2. The van der Waals surface area contributed by atoms with Crippen LogP contribution in [0.5, 0.6) is 0 Å². The van der Waals surface area contributed by atoms with Gasteiger partial charge in [-0.2, -0.15) is 0 Å². The lowest BCUT2D eigenvalue weighted by Crippen LogP contribution is -2.47. The third-order valence-electron chi connectivity index (χ3n) is 5.06. The van der Waals surface area contributed by atoms with Crippen LogP contribution in [-0.2, 0) is 16.0 Å². The third-order valence-corrected chi connectivity index (χ3v) is 5.30. The van der Waals surface area contributed by atoms with Crippen molar-refractivity contribution in [2.45, 2.75) is 50.2 Å². The maximum Gasteiger partial charge on any atom is 0.287 e. The molecular formula is C24H24ClNO3. The minimum absolute atomic E-state index is 0.168. The van der Waals surface area contributed by atoms with Crippen molar-refractivity contribution in [2.75, 3.05) is 0 Å². The number of Topliss-reactive ketones (excluding diaryl/α,β-unsaturated/α-hetero) is 1. The number of hydrogen-bond donors (Lipinski definition) is 2. The third kappa shape index (κ3) is 6.45. The van der Waals surface area contributed by atoms with Gasteiger partial charge in [-0.05, 0) is 49.4 Å². The molecule has 1 saturated carbocycles. The predicted molar refractivity (Wildman–Crippen MR) is 113 cm³/mol. The lowest BCUT2D eigenvalue weighted by atomic mass is 9.82. The number of ketones is 1. The van der Waals surface area contributed by atoms with E-state index in [0.717, 1.165) is 24.0 Å².